The van der Waals surface area contributed by atoms with Gasteiger partial charge in [-0.2, -0.15) is 0 Å². The lowest BCUT2D eigenvalue weighted by Crippen LogP contribution is -2.41. The number of carbonyl (C=O) groups excluding carboxylic acids is 1. The summed E-state index contributed by atoms with van der Waals surface area (Å²) in [5, 5.41) is 5.71. The van der Waals surface area contributed by atoms with Crippen LogP contribution in [0.25, 0.3) is 0 Å². The van der Waals surface area contributed by atoms with Gasteiger partial charge in [-0.25, -0.2) is 9.37 Å². The van der Waals surface area contributed by atoms with Crippen LogP contribution in [0.2, 0.25) is 0 Å². The average Bonchev–Trinajstić information content (AvgIpc) is 2.26. The number of nitrogens with zero attached hydrogens (tertiary/aromatic N) is 1. The molecule has 0 aromatic carbocycles. The summed E-state index contributed by atoms with van der Waals surface area (Å²) < 4.78 is 13.1. The lowest BCUT2D eigenvalue weighted by molar-refractivity contribution is 0.0909. The Morgan fingerprint density at radius 2 is 2.28 bits per heavy atom. The standard InChI is InChI=1S/C13H18FN3O/c1-8(9-4-3-5-9)17-13(18)11-6-10(14)7-16-12(11)15-2/h6-9H,3-5H2,1-2H3,(H,15,16)(H,17,18). The molecule has 1 atom stereocenters. The molecule has 1 aliphatic rings. The van der Waals surface area contributed by atoms with Crippen molar-refractivity contribution in [3.8, 4) is 0 Å². The van der Waals surface area contributed by atoms with E-state index in [-0.39, 0.29) is 17.5 Å². The topological polar surface area (TPSA) is 54.0 Å². The Labute approximate surface area is 106 Å². The first-order valence-corrected chi connectivity index (χ1v) is 6.26. The molecule has 0 spiro atoms. The molecule has 1 heterocycles. The summed E-state index contributed by atoms with van der Waals surface area (Å²) in [6, 6.07) is 1.33. The van der Waals surface area contributed by atoms with E-state index in [0.29, 0.717) is 11.7 Å². The molecular formula is C13H18FN3O. The summed E-state index contributed by atoms with van der Waals surface area (Å²) >= 11 is 0. The maximum atomic E-state index is 13.1. The predicted octanol–water partition coefficient (Wildman–Crippen LogP) is 2.18. The van der Waals surface area contributed by atoms with Crippen molar-refractivity contribution in [2.45, 2.75) is 32.2 Å². The third-order valence-corrected chi connectivity index (χ3v) is 3.55. The highest BCUT2D eigenvalue weighted by atomic mass is 19.1. The molecule has 1 amide bonds. The summed E-state index contributed by atoms with van der Waals surface area (Å²) in [4.78, 5) is 15.9. The van der Waals surface area contributed by atoms with E-state index >= 15 is 0 Å². The first kappa shape index (κ1) is 12.8. The number of anilines is 1. The second-order valence-corrected chi connectivity index (χ2v) is 4.75. The fourth-order valence-electron chi connectivity index (χ4n) is 2.15. The van der Waals surface area contributed by atoms with E-state index in [1.54, 1.807) is 7.05 Å². The maximum Gasteiger partial charge on any atom is 0.255 e. The van der Waals surface area contributed by atoms with Gasteiger partial charge in [0.1, 0.15) is 11.6 Å². The Balaban J connectivity index is 2.09. The maximum absolute atomic E-state index is 13.1. The van der Waals surface area contributed by atoms with Crippen molar-refractivity contribution in [2.24, 2.45) is 5.92 Å². The molecule has 5 heteroatoms. The van der Waals surface area contributed by atoms with Crippen LogP contribution in [0.15, 0.2) is 12.3 Å². The van der Waals surface area contributed by atoms with Crippen molar-refractivity contribution < 1.29 is 9.18 Å². The van der Waals surface area contributed by atoms with Gasteiger partial charge in [0, 0.05) is 13.1 Å². The number of hydrogen-bond donors (Lipinski definition) is 2. The summed E-state index contributed by atoms with van der Waals surface area (Å²) in [6.45, 7) is 1.99. The Morgan fingerprint density at radius 1 is 1.56 bits per heavy atom. The number of halogens is 1. The van der Waals surface area contributed by atoms with Crippen LogP contribution in [0.5, 0.6) is 0 Å². The summed E-state index contributed by atoms with van der Waals surface area (Å²) in [5.74, 6) is 0.171. The molecule has 0 bridgehead atoms. The van der Waals surface area contributed by atoms with Crippen molar-refractivity contribution in [2.75, 3.05) is 12.4 Å². The SMILES string of the molecule is CNc1ncc(F)cc1C(=O)NC(C)C1CCC1. The van der Waals surface area contributed by atoms with Gasteiger partial charge in [0.2, 0.25) is 0 Å². The van der Waals surface area contributed by atoms with Crippen LogP contribution in [0.3, 0.4) is 0 Å². The summed E-state index contributed by atoms with van der Waals surface area (Å²) in [6.07, 6.45) is 4.63. The van der Waals surface area contributed by atoms with Crippen molar-refractivity contribution >= 4 is 11.7 Å². The van der Waals surface area contributed by atoms with Crippen LogP contribution < -0.4 is 10.6 Å². The molecular weight excluding hydrogens is 233 g/mol. The molecule has 98 valence electrons. The van der Waals surface area contributed by atoms with Crippen LogP contribution in [0.4, 0.5) is 10.2 Å². The zero-order chi connectivity index (χ0) is 13.1. The van der Waals surface area contributed by atoms with Gasteiger partial charge in [-0.05, 0) is 31.7 Å². The first-order valence-electron chi connectivity index (χ1n) is 6.26. The van der Waals surface area contributed by atoms with E-state index in [1.165, 1.54) is 12.5 Å². The number of aromatic nitrogens is 1. The van der Waals surface area contributed by atoms with Gasteiger partial charge in [0.05, 0.1) is 11.8 Å². The minimum Gasteiger partial charge on any atom is -0.372 e. The number of nitrogens with one attached hydrogen (secondary N) is 2. The minimum absolute atomic E-state index is 0.124. The highest BCUT2D eigenvalue weighted by molar-refractivity contribution is 5.98. The van der Waals surface area contributed by atoms with Gasteiger partial charge in [0.15, 0.2) is 0 Å². The number of carbonyl (C=O) groups is 1. The van der Waals surface area contributed by atoms with E-state index in [4.69, 9.17) is 0 Å². The molecule has 18 heavy (non-hydrogen) atoms. The molecule has 1 unspecified atom stereocenters. The highest BCUT2D eigenvalue weighted by Gasteiger charge is 2.26. The van der Waals surface area contributed by atoms with Crippen molar-refractivity contribution in [3.63, 3.8) is 0 Å². The van der Waals surface area contributed by atoms with Gasteiger partial charge >= 0.3 is 0 Å². The zero-order valence-corrected chi connectivity index (χ0v) is 10.7. The Kier molecular flexibility index (Phi) is 3.79. The second kappa shape index (κ2) is 5.33. The Bertz CT molecular complexity index is 446. The Morgan fingerprint density at radius 3 is 2.83 bits per heavy atom. The van der Waals surface area contributed by atoms with Crippen LogP contribution in [-0.2, 0) is 0 Å². The van der Waals surface area contributed by atoms with Crippen LogP contribution in [0, 0.1) is 11.7 Å². The van der Waals surface area contributed by atoms with Crippen molar-refractivity contribution in [1.82, 2.24) is 10.3 Å². The zero-order valence-electron chi connectivity index (χ0n) is 10.7. The smallest absolute Gasteiger partial charge is 0.255 e. The van der Waals surface area contributed by atoms with Crippen LogP contribution in [0.1, 0.15) is 36.5 Å². The van der Waals surface area contributed by atoms with Crippen LogP contribution in [-0.4, -0.2) is 24.0 Å². The molecule has 2 N–H and O–H groups in total. The predicted molar refractivity (Wildman–Crippen MR) is 68.0 cm³/mol. The fourth-order valence-corrected chi connectivity index (χ4v) is 2.15. The lowest BCUT2D eigenvalue weighted by atomic mass is 9.80. The van der Waals surface area contributed by atoms with Crippen molar-refractivity contribution in [3.05, 3.63) is 23.6 Å². The van der Waals surface area contributed by atoms with Crippen molar-refractivity contribution in [1.29, 1.82) is 0 Å². The molecule has 1 aromatic heterocycles. The molecule has 4 nitrogen and oxygen atoms in total. The van der Waals surface area contributed by atoms with E-state index in [0.717, 1.165) is 19.0 Å². The normalized spacial score (nSPS) is 16.8. The molecule has 1 fully saturated rings. The fraction of sp³-hybridized carbons (Fsp3) is 0.538. The Hall–Kier alpha value is -1.65. The molecule has 1 aromatic rings. The van der Waals surface area contributed by atoms with Gasteiger partial charge in [-0.15, -0.1) is 0 Å². The highest BCUT2D eigenvalue weighted by Crippen LogP contribution is 2.29. The van der Waals surface area contributed by atoms with E-state index < -0.39 is 5.82 Å². The van der Waals surface area contributed by atoms with E-state index in [1.807, 2.05) is 6.92 Å². The summed E-state index contributed by atoms with van der Waals surface area (Å²) in [7, 11) is 1.66. The van der Waals surface area contributed by atoms with E-state index in [2.05, 4.69) is 15.6 Å². The van der Waals surface area contributed by atoms with Gasteiger partial charge in [-0.3, -0.25) is 4.79 Å². The molecule has 1 saturated carbocycles. The minimum atomic E-state index is -0.504. The average molecular weight is 251 g/mol. The van der Waals surface area contributed by atoms with Crippen LogP contribution >= 0.6 is 0 Å². The molecule has 2 rings (SSSR count). The monoisotopic (exact) mass is 251 g/mol. The third kappa shape index (κ3) is 2.60. The number of pyridine rings is 1. The van der Waals surface area contributed by atoms with Gasteiger partial charge in [0.25, 0.3) is 5.91 Å². The second-order valence-electron chi connectivity index (χ2n) is 4.75. The molecule has 0 saturated heterocycles. The largest absolute Gasteiger partial charge is 0.372 e. The quantitative estimate of drug-likeness (QED) is 0.862. The molecule has 0 aliphatic heterocycles. The van der Waals surface area contributed by atoms with Gasteiger partial charge in [-0.1, -0.05) is 6.42 Å². The molecule has 0 radical (unpaired) electrons. The number of rotatable bonds is 4. The molecule has 1 aliphatic carbocycles. The van der Waals surface area contributed by atoms with Gasteiger partial charge < -0.3 is 10.6 Å². The third-order valence-electron chi connectivity index (χ3n) is 3.55. The lowest BCUT2D eigenvalue weighted by Gasteiger charge is -2.31. The number of hydrogen-bond acceptors (Lipinski definition) is 3. The van der Waals surface area contributed by atoms with E-state index in [9.17, 15) is 9.18 Å². The number of amides is 1. The first-order chi connectivity index (χ1) is 8.61. The summed E-state index contributed by atoms with van der Waals surface area (Å²) in [5.41, 5.74) is 0.253.